The van der Waals surface area contributed by atoms with Gasteiger partial charge in [0.2, 0.25) is 0 Å². The van der Waals surface area contributed by atoms with Crippen molar-refractivity contribution < 1.29 is 17.9 Å². The number of alkyl halides is 3. The molecule has 2 heterocycles. The van der Waals surface area contributed by atoms with Crippen molar-refractivity contribution >= 4 is 5.96 Å². The minimum Gasteiger partial charge on any atom is -0.370 e. The summed E-state index contributed by atoms with van der Waals surface area (Å²) in [6, 6.07) is 7.33. The minimum atomic E-state index is -4.37. The Balaban J connectivity index is 1.62. The molecule has 1 aliphatic heterocycles. The Bertz CT molecular complexity index is 854. The van der Waals surface area contributed by atoms with Crippen LogP contribution in [0.15, 0.2) is 47.7 Å². The molecule has 156 valence electrons. The number of aliphatic imine (C=N–C) groups is 1. The van der Waals surface area contributed by atoms with Crippen molar-refractivity contribution in [2.45, 2.75) is 25.6 Å². The zero-order valence-electron chi connectivity index (χ0n) is 16.5. The Kier molecular flexibility index (Phi) is 6.74. The van der Waals surface area contributed by atoms with Gasteiger partial charge in [0.25, 0.3) is 0 Å². The zero-order chi connectivity index (χ0) is 20.9. The number of morpholine rings is 1. The summed E-state index contributed by atoms with van der Waals surface area (Å²) in [6.45, 7) is 4.21. The molecule has 1 N–H and O–H groups in total. The number of halogens is 3. The first-order valence-electron chi connectivity index (χ1n) is 9.52. The largest absolute Gasteiger partial charge is 0.416 e. The van der Waals surface area contributed by atoms with E-state index in [2.05, 4.69) is 15.3 Å². The van der Waals surface area contributed by atoms with Crippen LogP contribution in [-0.4, -0.2) is 49.1 Å². The average Bonchev–Trinajstić information content (AvgIpc) is 2.72. The molecule has 0 spiro atoms. The summed E-state index contributed by atoms with van der Waals surface area (Å²) < 4.78 is 44.8. The van der Waals surface area contributed by atoms with Crippen LogP contribution in [0.2, 0.25) is 0 Å². The highest BCUT2D eigenvalue weighted by Crippen LogP contribution is 2.32. The SMILES string of the molecule is CN=C(NCCc1ccncc1C)N1CCOC(c2cccc(C(F)(F)F)c2)C1. The summed E-state index contributed by atoms with van der Waals surface area (Å²) in [4.78, 5) is 10.5. The third-order valence-electron chi connectivity index (χ3n) is 4.98. The van der Waals surface area contributed by atoms with Gasteiger partial charge in [0.15, 0.2) is 5.96 Å². The van der Waals surface area contributed by atoms with Gasteiger partial charge in [-0.1, -0.05) is 12.1 Å². The van der Waals surface area contributed by atoms with Crippen LogP contribution in [0.4, 0.5) is 13.2 Å². The predicted molar refractivity (Wildman–Crippen MR) is 106 cm³/mol. The molecule has 0 amide bonds. The Morgan fingerprint density at radius 2 is 2.17 bits per heavy atom. The molecule has 1 aliphatic rings. The monoisotopic (exact) mass is 406 g/mol. The van der Waals surface area contributed by atoms with Gasteiger partial charge in [0.1, 0.15) is 6.10 Å². The van der Waals surface area contributed by atoms with E-state index < -0.39 is 17.8 Å². The number of benzene rings is 1. The van der Waals surface area contributed by atoms with Crippen molar-refractivity contribution in [2.24, 2.45) is 4.99 Å². The lowest BCUT2D eigenvalue weighted by molar-refractivity contribution is -0.137. The van der Waals surface area contributed by atoms with Crippen LogP contribution in [0.3, 0.4) is 0 Å². The maximum Gasteiger partial charge on any atom is 0.416 e. The maximum absolute atomic E-state index is 13.0. The van der Waals surface area contributed by atoms with Crippen molar-refractivity contribution in [1.29, 1.82) is 0 Å². The van der Waals surface area contributed by atoms with Crippen molar-refractivity contribution in [1.82, 2.24) is 15.2 Å². The van der Waals surface area contributed by atoms with E-state index in [1.165, 1.54) is 11.6 Å². The Hall–Kier alpha value is -2.61. The quantitative estimate of drug-likeness (QED) is 0.623. The minimum absolute atomic E-state index is 0.422. The number of aromatic nitrogens is 1. The number of rotatable bonds is 4. The Morgan fingerprint density at radius 1 is 1.34 bits per heavy atom. The van der Waals surface area contributed by atoms with Gasteiger partial charge in [0, 0.05) is 32.5 Å². The molecule has 0 bridgehead atoms. The number of aryl methyl sites for hydroxylation is 1. The van der Waals surface area contributed by atoms with Crippen LogP contribution >= 0.6 is 0 Å². The molecule has 29 heavy (non-hydrogen) atoms. The van der Waals surface area contributed by atoms with Crippen molar-refractivity contribution in [3.63, 3.8) is 0 Å². The van der Waals surface area contributed by atoms with Gasteiger partial charge >= 0.3 is 6.18 Å². The summed E-state index contributed by atoms with van der Waals surface area (Å²) in [7, 11) is 1.70. The fourth-order valence-corrected chi connectivity index (χ4v) is 3.38. The third kappa shape index (κ3) is 5.47. The van der Waals surface area contributed by atoms with E-state index >= 15 is 0 Å². The molecule has 1 fully saturated rings. The van der Waals surface area contributed by atoms with Crippen molar-refractivity contribution in [3.8, 4) is 0 Å². The number of ether oxygens (including phenoxy) is 1. The molecule has 8 heteroatoms. The molecule has 1 saturated heterocycles. The number of nitrogens with one attached hydrogen (secondary N) is 1. The lowest BCUT2D eigenvalue weighted by Crippen LogP contribution is -2.48. The normalized spacial score (nSPS) is 18.0. The van der Waals surface area contributed by atoms with Crippen LogP contribution in [0.25, 0.3) is 0 Å². The molecule has 2 aromatic rings. The fourth-order valence-electron chi connectivity index (χ4n) is 3.38. The van der Waals surface area contributed by atoms with Gasteiger partial charge in [-0.05, 0) is 48.2 Å². The van der Waals surface area contributed by atoms with Gasteiger partial charge in [-0.3, -0.25) is 9.98 Å². The van der Waals surface area contributed by atoms with Crippen molar-refractivity contribution in [3.05, 3.63) is 65.0 Å². The lowest BCUT2D eigenvalue weighted by atomic mass is 10.0. The zero-order valence-corrected chi connectivity index (χ0v) is 16.5. The fraction of sp³-hybridized carbons (Fsp3) is 0.429. The first-order chi connectivity index (χ1) is 13.9. The molecule has 1 aromatic heterocycles. The summed E-state index contributed by atoms with van der Waals surface area (Å²) in [6.07, 6.45) is -0.362. The molecular formula is C21H25F3N4O. The highest BCUT2D eigenvalue weighted by molar-refractivity contribution is 5.80. The smallest absolute Gasteiger partial charge is 0.370 e. The standard InChI is InChI=1S/C21H25F3N4O/c1-15-13-26-8-6-16(15)7-9-27-20(25-2)28-10-11-29-19(14-28)17-4-3-5-18(12-17)21(22,23)24/h3-6,8,12-13,19H,7,9-11,14H2,1-2H3,(H,25,27). The van der Waals surface area contributed by atoms with Crippen LogP contribution in [0, 0.1) is 6.92 Å². The molecule has 3 rings (SSSR count). The predicted octanol–water partition coefficient (Wildman–Crippen LogP) is 3.60. The van der Waals surface area contributed by atoms with Crippen LogP contribution in [-0.2, 0) is 17.3 Å². The number of guanidine groups is 1. The number of pyridine rings is 1. The Morgan fingerprint density at radius 3 is 2.90 bits per heavy atom. The molecule has 0 aliphatic carbocycles. The third-order valence-corrected chi connectivity index (χ3v) is 4.98. The molecule has 1 atom stereocenters. The van der Waals surface area contributed by atoms with E-state index in [0.717, 1.165) is 30.1 Å². The van der Waals surface area contributed by atoms with E-state index in [1.54, 1.807) is 19.3 Å². The second-order valence-electron chi connectivity index (χ2n) is 6.95. The Labute approximate surface area is 168 Å². The number of nitrogens with zero attached hydrogens (tertiary/aromatic N) is 3. The van der Waals surface area contributed by atoms with Gasteiger partial charge in [-0.2, -0.15) is 13.2 Å². The second kappa shape index (κ2) is 9.26. The molecular weight excluding hydrogens is 381 g/mol. The topological polar surface area (TPSA) is 49.8 Å². The highest BCUT2D eigenvalue weighted by atomic mass is 19.4. The summed E-state index contributed by atoms with van der Waals surface area (Å²) in [5, 5.41) is 3.34. The number of hydrogen-bond acceptors (Lipinski definition) is 3. The van der Waals surface area contributed by atoms with Gasteiger partial charge in [-0.25, -0.2) is 0 Å². The van der Waals surface area contributed by atoms with Crippen LogP contribution < -0.4 is 5.32 Å². The number of hydrogen-bond donors (Lipinski definition) is 1. The van der Waals surface area contributed by atoms with E-state index in [1.807, 2.05) is 24.1 Å². The average molecular weight is 406 g/mol. The van der Waals surface area contributed by atoms with Gasteiger partial charge in [0.05, 0.1) is 18.7 Å². The first kappa shape index (κ1) is 21.1. The molecule has 1 unspecified atom stereocenters. The van der Waals surface area contributed by atoms with Crippen molar-refractivity contribution in [2.75, 3.05) is 33.3 Å². The van der Waals surface area contributed by atoms with E-state index in [4.69, 9.17) is 4.74 Å². The molecule has 0 radical (unpaired) electrons. The summed E-state index contributed by atoms with van der Waals surface area (Å²) in [5.41, 5.74) is 2.21. The summed E-state index contributed by atoms with van der Waals surface area (Å²) >= 11 is 0. The van der Waals surface area contributed by atoms with E-state index in [0.29, 0.717) is 31.8 Å². The molecule has 1 aromatic carbocycles. The van der Waals surface area contributed by atoms with Gasteiger partial charge < -0.3 is 15.0 Å². The molecule has 0 saturated carbocycles. The van der Waals surface area contributed by atoms with E-state index in [-0.39, 0.29) is 0 Å². The second-order valence-corrected chi connectivity index (χ2v) is 6.95. The molecule has 5 nitrogen and oxygen atoms in total. The first-order valence-corrected chi connectivity index (χ1v) is 9.52. The van der Waals surface area contributed by atoms with Crippen LogP contribution in [0.1, 0.15) is 28.4 Å². The maximum atomic E-state index is 13.0. The summed E-state index contributed by atoms with van der Waals surface area (Å²) in [5.74, 6) is 0.719. The highest BCUT2D eigenvalue weighted by Gasteiger charge is 2.32. The lowest BCUT2D eigenvalue weighted by Gasteiger charge is -2.35. The van der Waals surface area contributed by atoms with E-state index in [9.17, 15) is 13.2 Å². The van der Waals surface area contributed by atoms with Gasteiger partial charge in [-0.15, -0.1) is 0 Å². The van der Waals surface area contributed by atoms with Crippen LogP contribution in [0.5, 0.6) is 0 Å².